The number of carbonyl (C=O) groups excluding carboxylic acids is 1. The number of halogens is 3. The molecule has 0 spiro atoms. The standard InChI is InChI=1S/C15H11ClF2O2/c1-9(19)12-7-11(16)3-5-15(12)20-8-10-2-4-13(17)14(18)6-10/h2-7H,8H2,1H3. The van der Waals surface area contributed by atoms with Gasteiger partial charge in [-0.2, -0.15) is 0 Å². The number of rotatable bonds is 4. The number of benzene rings is 2. The van der Waals surface area contributed by atoms with Crippen LogP contribution in [0.15, 0.2) is 36.4 Å². The van der Waals surface area contributed by atoms with Crippen LogP contribution in [0, 0.1) is 11.6 Å². The second kappa shape index (κ2) is 6.01. The molecule has 2 aromatic rings. The number of Topliss-reactive ketones (excluding diaryl/α,β-unsaturated/α-hetero) is 1. The summed E-state index contributed by atoms with van der Waals surface area (Å²) in [6.07, 6.45) is 0. The third kappa shape index (κ3) is 3.33. The van der Waals surface area contributed by atoms with E-state index < -0.39 is 11.6 Å². The molecule has 0 amide bonds. The van der Waals surface area contributed by atoms with Crippen LogP contribution in [-0.2, 0) is 6.61 Å². The molecule has 2 nitrogen and oxygen atoms in total. The van der Waals surface area contributed by atoms with Crippen LogP contribution in [0.5, 0.6) is 5.75 Å². The molecule has 0 atom stereocenters. The third-order valence-electron chi connectivity index (χ3n) is 2.70. The average molecular weight is 297 g/mol. The summed E-state index contributed by atoms with van der Waals surface area (Å²) < 4.78 is 31.3. The van der Waals surface area contributed by atoms with Crippen LogP contribution in [0.2, 0.25) is 5.02 Å². The van der Waals surface area contributed by atoms with Gasteiger partial charge in [0.25, 0.3) is 0 Å². The van der Waals surface area contributed by atoms with Gasteiger partial charge in [0.2, 0.25) is 0 Å². The topological polar surface area (TPSA) is 26.3 Å². The molecule has 0 saturated carbocycles. The minimum atomic E-state index is -0.936. The van der Waals surface area contributed by atoms with E-state index in [0.717, 1.165) is 12.1 Å². The van der Waals surface area contributed by atoms with Gasteiger partial charge in [-0.3, -0.25) is 4.79 Å². The molecule has 0 heterocycles. The fourth-order valence-electron chi connectivity index (χ4n) is 1.69. The zero-order valence-corrected chi connectivity index (χ0v) is 11.4. The monoisotopic (exact) mass is 296 g/mol. The molecule has 0 aliphatic heterocycles. The average Bonchev–Trinajstić information content (AvgIpc) is 2.41. The number of ketones is 1. The van der Waals surface area contributed by atoms with Crippen molar-refractivity contribution in [1.29, 1.82) is 0 Å². The quantitative estimate of drug-likeness (QED) is 0.782. The maximum atomic E-state index is 13.1. The first-order valence-corrected chi connectivity index (χ1v) is 6.22. The highest BCUT2D eigenvalue weighted by Gasteiger charge is 2.10. The van der Waals surface area contributed by atoms with Crippen LogP contribution in [0.4, 0.5) is 8.78 Å². The second-order valence-electron chi connectivity index (χ2n) is 4.23. The van der Waals surface area contributed by atoms with Crippen molar-refractivity contribution in [3.63, 3.8) is 0 Å². The molecule has 0 N–H and O–H groups in total. The Hall–Kier alpha value is -1.94. The molecule has 2 aromatic carbocycles. The second-order valence-corrected chi connectivity index (χ2v) is 4.67. The highest BCUT2D eigenvalue weighted by Crippen LogP contribution is 2.24. The van der Waals surface area contributed by atoms with Gasteiger partial charge in [0, 0.05) is 5.02 Å². The highest BCUT2D eigenvalue weighted by molar-refractivity contribution is 6.31. The molecule has 2 rings (SSSR count). The number of carbonyl (C=O) groups is 1. The smallest absolute Gasteiger partial charge is 0.163 e. The molecule has 0 saturated heterocycles. The van der Waals surface area contributed by atoms with Gasteiger partial charge in [-0.15, -0.1) is 0 Å². The van der Waals surface area contributed by atoms with Crippen LogP contribution in [-0.4, -0.2) is 5.78 Å². The van der Waals surface area contributed by atoms with Gasteiger partial charge >= 0.3 is 0 Å². The lowest BCUT2D eigenvalue weighted by atomic mass is 10.1. The maximum Gasteiger partial charge on any atom is 0.163 e. The van der Waals surface area contributed by atoms with Gasteiger partial charge in [0.15, 0.2) is 17.4 Å². The van der Waals surface area contributed by atoms with Crippen molar-refractivity contribution in [2.24, 2.45) is 0 Å². The predicted molar refractivity (Wildman–Crippen MR) is 72.1 cm³/mol. The lowest BCUT2D eigenvalue weighted by Crippen LogP contribution is -2.02. The molecule has 0 aliphatic carbocycles. The first-order chi connectivity index (χ1) is 9.47. The van der Waals surface area contributed by atoms with Gasteiger partial charge < -0.3 is 4.74 Å². The van der Waals surface area contributed by atoms with E-state index in [1.807, 2.05) is 0 Å². The van der Waals surface area contributed by atoms with Crippen molar-refractivity contribution < 1.29 is 18.3 Å². The minimum absolute atomic E-state index is 0.0269. The van der Waals surface area contributed by atoms with E-state index >= 15 is 0 Å². The molecular formula is C15H11ClF2O2. The lowest BCUT2D eigenvalue weighted by Gasteiger charge is -2.10. The Morgan fingerprint density at radius 1 is 1.15 bits per heavy atom. The van der Waals surface area contributed by atoms with E-state index in [1.165, 1.54) is 19.1 Å². The van der Waals surface area contributed by atoms with Crippen molar-refractivity contribution >= 4 is 17.4 Å². The third-order valence-corrected chi connectivity index (χ3v) is 2.93. The highest BCUT2D eigenvalue weighted by atomic mass is 35.5. The zero-order valence-electron chi connectivity index (χ0n) is 10.6. The molecular weight excluding hydrogens is 286 g/mol. The van der Waals surface area contributed by atoms with Gasteiger partial charge in [0.1, 0.15) is 12.4 Å². The zero-order chi connectivity index (χ0) is 14.7. The Morgan fingerprint density at radius 2 is 1.90 bits per heavy atom. The Bertz CT molecular complexity index is 656. The summed E-state index contributed by atoms with van der Waals surface area (Å²) in [4.78, 5) is 11.5. The summed E-state index contributed by atoms with van der Waals surface area (Å²) >= 11 is 5.82. The normalized spacial score (nSPS) is 10.4. The van der Waals surface area contributed by atoms with Crippen LogP contribution in [0.3, 0.4) is 0 Å². The van der Waals surface area contributed by atoms with Crippen molar-refractivity contribution in [2.45, 2.75) is 13.5 Å². The summed E-state index contributed by atoms with van der Waals surface area (Å²) in [5.41, 5.74) is 0.813. The van der Waals surface area contributed by atoms with Crippen molar-refractivity contribution in [3.05, 3.63) is 64.2 Å². The van der Waals surface area contributed by atoms with E-state index in [2.05, 4.69) is 0 Å². The van der Waals surface area contributed by atoms with Crippen LogP contribution in [0.1, 0.15) is 22.8 Å². The Morgan fingerprint density at radius 3 is 2.55 bits per heavy atom. The molecule has 104 valence electrons. The van der Waals surface area contributed by atoms with Gasteiger partial charge in [-0.1, -0.05) is 17.7 Å². The van der Waals surface area contributed by atoms with E-state index in [4.69, 9.17) is 16.3 Å². The van der Waals surface area contributed by atoms with Crippen molar-refractivity contribution in [3.8, 4) is 5.75 Å². The van der Waals surface area contributed by atoms with Gasteiger partial charge in [-0.25, -0.2) is 8.78 Å². The summed E-state index contributed by atoms with van der Waals surface area (Å²) in [7, 11) is 0. The molecule has 0 radical (unpaired) electrons. The van der Waals surface area contributed by atoms with E-state index in [9.17, 15) is 13.6 Å². The summed E-state index contributed by atoms with van der Waals surface area (Å²) in [5.74, 6) is -1.68. The number of hydrogen-bond donors (Lipinski definition) is 0. The van der Waals surface area contributed by atoms with Gasteiger partial charge in [-0.05, 0) is 42.8 Å². The number of ether oxygens (including phenoxy) is 1. The van der Waals surface area contributed by atoms with E-state index in [0.29, 0.717) is 21.9 Å². The summed E-state index contributed by atoms with van der Waals surface area (Å²) in [6.45, 7) is 1.43. The molecule has 20 heavy (non-hydrogen) atoms. The fourth-order valence-corrected chi connectivity index (χ4v) is 1.87. The molecule has 0 aromatic heterocycles. The largest absolute Gasteiger partial charge is 0.488 e. The molecule has 5 heteroatoms. The summed E-state index contributed by atoms with van der Waals surface area (Å²) in [5, 5.41) is 0.426. The fraction of sp³-hybridized carbons (Fsp3) is 0.133. The molecule has 0 fully saturated rings. The number of hydrogen-bond acceptors (Lipinski definition) is 2. The molecule has 0 aliphatic rings. The van der Waals surface area contributed by atoms with Gasteiger partial charge in [0.05, 0.1) is 5.56 Å². The molecule has 0 unspecified atom stereocenters. The maximum absolute atomic E-state index is 13.1. The van der Waals surface area contributed by atoms with Crippen molar-refractivity contribution in [1.82, 2.24) is 0 Å². The first-order valence-electron chi connectivity index (χ1n) is 5.84. The predicted octanol–water partition coefficient (Wildman–Crippen LogP) is 4.40. The Kier molecular flexibility index (Phi) is 4.35. The summed E-state index contributed by atoms with van der Waals surface area (Å²) in [6, 6.07) is 8.17. The minimum Gasteiger partial charge on any atom is -0.488 e. The van der Waals surface area contributed by atoms with Crippen LogP contribution < -0.4 is 4.74 Å². The SMILES string of the molecule is CC(=O)c1cc(Cl)ccc1OCc1ccc(F)c(F)c1. The Balaban J connectivity index is 2.18. The lowest BCUT2D eigenvalue weighted by molar-refractivity contribution is 0.101. The van der Waals surface area contributed by atoms with Crippen LogP contribution in [0.25, 0.3) is 0 Å². The molecule has 0 bridgehead atoms. The van der Waals surface area contributed by atoms with Crippen molar-refractivity contribution in [2.75, 3.05) is 0 Å². The van der Waals surface area contributed by atoms with E-state index in [1.54, 1.807) is 12.1 Å². The Labute approximate surface area is 119 Å². The first kappa shape index (κ1) is 14.5. The van der Waals surface area contributed by atoms with E-state index in [-0.39, 0.29) is 12.4 Å². The van der Waals surface area contributed by atoms with Crippen LogP contribution >= 0.6 is 11.6 Å².